The average molecular weight is 185 g/mol. The third-order valence-corrected chi connectivity index (χ3v) is 2.29. The summed E-state index contributed by atoms with van der Waals surface area (Å²) in [6.07, 6.45) is 0. The van der Waals surface area contributed by atoms with Crippen LogP contribution in [0.15, 0.2) is 11.4 Å². The largest absolute Gasteiger partial charge is 0.519 e. The van der Waals surface area contributed by atoms with Crippen LogP contribution in [-0.2, 0) is 0 Å². The third kappa shape index (κ3) is 1.67. The van der Waals surface area contributed by atoms with Crippen LogP contribution in [0.4, 0.5) is 12.9 Å². The molecular weight excluding hydrogens is 183 g/mol. The van der Waals surface area contributed by atoms with Crippen LogP contribution in [0.2, 0.25) is 5.02 Å². The summed E-state index contributed by atoms with van der Waals surface area (Å²) in [5.41, 5.74) is 0. The molecule has 0 aliphatic rings. The van der Waals surface area contributed by atoms with Crippen LogP contribution in [0.1, 0.15) is 0 Å². The molecule has 1 aromatic heterocycles. The van der Waals surface area contributed by atoms with Crippen LogP contribution >= 0.6 is 22.9 Å². The fraction of sp³-hybridized carbons (Fsp3) is 0. The zero-order valence-corrected chi connectivity index (χ0v) is 6.22. The van der Waals surface area contributed by atoms with Crippen LogP contribution < -0.4 is 4.78 Å². The lowest BCUT2D eigenvalue weighted by molar-refractivity contribution is 0.503. The van der Waals surface area contributed by atoms with E-state index in [0.29, 0.717) is 11.3 Å². The van der Waals surface area contributed by atoms with Gasteiger partial charge in [-0.3, -0.25) is 0 Å². The van der Waals surface area contributed by atoms with Crippen molar-refractivity contribution in [3.8, 4) is 0 Å². The summed E-state index contributed by atoms with van der Waals surface area (Å²) in [4.78, 5) is 0. The van der Waals surface area contributed by atoms with Crippen LogP contribution in [0.5, 0.6) is 0 Å². The second-order valence-electron chi connectivity index (χ2n) is 1.74. The van der Waals surface area contributed by atoms with Crippen molar-refractivity contribution >= 4 is 34.7 Å². The van der Waals surface area contributed by atoms with E-state index in [2.05, 4.69) is 0 Å². The van der Waals surface area contributed by atoms with Crippen molar-refractivity contribution in [3.63, 3.8) is 0 Å². The molecule has 0 unspecified atom stereocenters. The monoisotopic (exact) mass is 185 g/mol. The Morgan fingerprint density at radius 1 is 1.40 bits per heavy atom. The molecule has 0 aliphatic heterocycles. The average Bonchev–Trinajstić information content (AvgIpc) is 2.11. The standard InChI is InChI=1S/C4H2BClF3S/c6-3-1-4(10-2-3)5(7,8)9/h1-2H/q-1. The minimum atomic E-state index is -4.85. The lowest BCUT2D eigenvalue weighted by Gasteiger charge is -2.09. The van der Waals surface area contributed by atoms with E-state index < -0.39 is 11.8 Å². The molecule has 0 saturated heterocycles. The molecule has 1 rings (SSSR count). The Morgan fingerprint density at radius 3 is 2.20 bits per heavy atom. The third-order valence-electron chi connectivity index (χ3n) is 0.910. The first-order valence-electron chi connectivity index (χ1n) is 2.44. The molecule has 0 radical (unpaired) electrons. The Balaban J connectivity index is 2.96. The highest BCUT2D eigenvalue weighted by Gasteiger charge is 2.26. The van der Waals surface area contributed by atoms with Crippen molar-refractivity contribution in [3.05, 3.63) is 16.5 Å². The van der Waals surface area contributed by atoms with Gasteiger partial charge in [0.15, 0.2) is 0 Å². The van der Waals surface area contributed by atoms with Crippen molar-refractivity contribution in [1.82, 2.24) is 0 Å². The Kier molecular flexibility index (Phi) is 1.96. The molecule has 0 N–H and O–H groups in total. The van der Waals surface area contributed by atoms with Gasteiger partial charge in [0.2, 0.25) is 0 Å². The quantitative estimate of drug-likeness (QED) is 0.590. The van der Waals surface area contributed by atoms with E-state index in [1.807, 2.05) is 0 Å². The zero-order valence-electron chi connectivity index (χ0n) is 4.65. The molecule has 1 heterocycles. The number of rotatable bonds is 1. The minimum Gasteiger partial charge on any atom is -0.444 e. The van der Waals surface area contributed by atoms with Crippen molar-refractivity contribution in [2.24, 2.45) is 0 Å². The Labute approximate surface area is 64.7 Å². The van der Waals surface area contributed by atoms with Crippen LogP contribution in [0, 0.1) is 0 Å². The van der Waals surface area contributed by atoms with E-state index in [-0.39, 0.29) is 5.02 Å². The number of thiophene rings is 1. The van der Waals surface area contributed by atoms with Gasteiger partial charge in [-0.1, -0.05) is 22.4 Å². The molecule has 0 atom stereocenters. The predicted octanol–water partition coefficient (Wildman–Crippen LogP) is 2.46. The van der Waals surface area contributed by atoms with Gasteiger partial charge < -0.3 is 12.9 Å². The Morgan fingerprint density at radius 2 is 2.00 bits per heavy atom. The van der Waals surface area contributed by atoms with Gasteiger partial charge in [-0.15, -0.1) is 0 Å². The van der Waals surface area contributed by atoms with Gasteiger partial charge in [0.25, 0.3) is 0 Å². The van der Waals surface area contributed by atoms with Crippen molar-refractivity contribution in [2.75, 3.05) is 0 Å². The van der Waals surface area contributed by atoms with Crippen LogP contribution in [-0.4, -0.2) is 6.98 Å². The summed E-state index contributed by atoms with van der Waals surface area (Å²) < 4.78 is 34.9. The maximum Gasteiger partial charge on any atom is 0.519 e. The molecule has 1 aromatic rings. The summed E-state index contributed by atoms with van der Waals surface area (Å²) in [5, 5.41) is 1.42. The second kappa shape index (κ2) is 2.47. The lowest BCUT2D eigenvalue weighted by atomic mass is 9.90. The van der Waals surface area contributed by atoms with Gasteiger partial charge in [-0.2, -0.15) is 11.3 Å². The highest BCUT2D eigenvalue weighted by Crippen LogP contribution is 2.17. The minimum absolute atomic E-state index is 0.152. The molecule has 6 heteroatoms. The molecule has 0 amide bonds. The van der Waals surface area contributed by atoms with Gasteiger partial charge in [-0.25, -0.2) is 0 Å². The molecule has 0 aliphatic carbocycles. The number of hydrogen-bond acceptors (Lipinski definition) is 1. The van der Waals surface area contributed by atoms with Crippen molar-refractivity contribution in [2.45, 2.75) is 0 Å². The van der Waals surface area contributed by atoms with E-state index in [9.17, 15) is 12.9 Å². The summed E-state index contributed by atoms with van der Waals surface area (Å²) in [5.74, 6) is 0. The first kappa shape index (κ1) is 7.95. The van der Waals surface area contributed by atoms with E-state index in [0.717, 1.165) is 6.07 Å². The van der Waals surface area contributed by atoms with Crippen LogP contribution in [0.3, 0.4) is 0 Å². The summed E-state index contributed by atoms with van der Waals surface area (Å²) >= 11 is 5.91. The Bertz CT molecular complexity index is 231. The molecule has 0 saturated carbocycles. The van der Waals surface area contributed by atoms with Gasteiger partial charge in [0, 0.05) is 10.4 Å². The van der Waals surface area contributed by atoms with Crippen molar-refractivity contribution < 1.29 is 12.9 Å². The molecule has 0 bridgehead atoms. The van der Waals surface area contributed by atoms with Gasteiger partial charge in [0.05, 0.1) is 0 Å². The predicted molar refractivity (Wildman–Crippen MR) is 38.0 cm³/mol. The zero-order chi connectivity index (χ0) is 7.78. The van der Waals surface area contributed by atoms with Crippen molar-refractivity contribution in [1.29, 1.82) is 0 Å². The highest BCUT2D eigenvalue weighted by atomic mass is 35.5. The fourth-order valence-electron chi connectivity index (χ4n) is 0.500. The molecule has 0 spiro atoms. The van der Waals surface area contributed by atoms with E-state index >= 15 is 0 Å². The summed E-state index contributed by atoms with van der Waals surface area (Å²) in [6, 6.07) is 0.937. The summed E-state index contributed by atoms with van der Waals surface area (Å²) in [6.45, 7) is -4.85. The normalized spacial score (nSPS) is 12.0. The number of halogens is 4. The van der Waals surface area contributed by atoms with E-state index in [1.165, 1.54) is 5.38 Å². The molecule has 0 fully saturated rings. The van der Waals surface area contributed by atoms with E-state index in [1.54, 1.807) is 0 Å². The Hall–Kier alpha value is -0.155. The van der Waals surface area contributed by atoms with Gasteiger partial charge in [-0.05, 0) is 0 Å². The number of hydrogen-bond donors (Lipinski definition) is 0. The molecule has 0 aromatic carbocycles. The fourth-order valence-corrected chi connectivity index (χ4v) is 1.48. The molecular formula is C4H2BClF3S-. The SMILES string of the molecule is F[B-](F)(F)c1cc(Cl)cs1. The molecule has 0 nitrogen and oxygen atoms in total. The van der Waals surface area contributed by atoms with E-state index in [4.69, 9.17) is 11.6 Å². The maximum atomic E-state index is 11.8. The molecule has 56 valence electrons. The topological polar surface area (TPSA) is 0 Å². The van der Waals surface area contributed by atoms with Gasteiger partial charge in [0.1, 0.15) is 0 Å². The smallest absolute Gasteiger partial charge is 0.444 e. The first-order valence-corrected chi connectivity index (χ1v) is 3.70. The van der Waals surface area contributed by atoms with Gasteiger partial charge >= 0.3 is 6.98 Å². The lowest BCUT2D eigenvalue weighted by Crippen LogP contribution is -2.30. The molecule has 10 heavy (non-hydrogen) atoms. The highest BCUT2D eigenvalue weighted by molar-refractivity contribution is 7.22. The summed E-state index contributed by atoms with van der Waals surface area (Å²) in [7, 11) is 0. The maximum absolute atomic E-state index is 11.8. The first-order chi connectivity index (χ1) is 4.50. The second-order valence-corrected chi connectivity index (χ2v) is 3.12. The van der Waals surface area contributed by atoms with Crippen LogP contribution in [0.25, 0.3) is 0 Å².